The summed E-state index contributed by atoms with van der Waals surface area (Å²) in [6.07, 6.45) is 12.1. The summed E-state index contributed by atoms with van der Waals surface area (Å²) in [4.78, 5) is 11.8. The lowest BCUT2D eigenvalue weighted by molar-refractivity contribution is 0.428. The summed E-state index contributed by atoms with van der Waals surface area (Å²) in [7, 11) is 0. The lowest BCUT2D eigenvalue weighted by atomic mass is 9.96. The number of anilines is 1. The van der Waals surface area contributed by atoms with Gasteiger partial charge in [-0.25, -0.2) is 4.98 Å². The number of nitrogens with one attached hydrogen (secondary N) is 1. The second-order valence-electron chi connectivity index (χ2n) is 6.85. The third-order valence-corrected chi connectivity index (χ3v) is 4.90. The number of hydrogen-bond acceptors (Lipinski definition) is 4. The average molecular weight is 288 g/mol. The van der Waals surface area contributed by atoms with Gasteiger partial charge < -0.3 is 10.2 Å². The fraction of sp³-hybridized carbons (Fsp3) is 0.765. The zero-order chi connectivity index (χ0) is 14.7. The highest BCUT2D eigenvalue weighted by atomic mass is 15.2. The lowest BCUT2D eigenvalue weighted by Gasteiger charge is -2.30. The summed E-state index contributed by atoms with van der Waals surface area (Å²) < 4.78 is 0. The van der Waals surface area contributed by atoms with E-state index in [-0.39, 0.29) is 0 Å². The molecule has 4 heteroatoms. The highest BCUT2D eigenvalue weighted by Gasteiger charge is 2.34. The van der Waals surface area contributed by atoms with Gasteiger partial charge >= 0.3 is 0 Å². The van der Waals surface area contributed by atoms with Crippen LogP contribution in [0.2, 0.25) is 0 Å². The molecule has 1 unspecified atom stereocenters. The molecule has 1 N–H and O–H groups in total. The van der Waals surface area contributed by atoms with E-state index in [2.05, 4.69) is 29.0 Å². The molecular weight excluding hydrogens is 260 g/mol. The number of aromatic nitrogens is 2. The molecule has 2 fully saturated rings. The van der Waals surface area contributed by atoms with Crippen LogP contribution in [0.1, 0.15) is 58.1 Å². The molecule has 0 bridgehead atoms. The van der Waals surface area contributed by atoms with Crippen molar-refractivity contribution in [3.8, 4) is 0 Å². The topological polar surface area (TPSA) is 41.1 Å². The summed E-state index contributed by atoms with van der Waals surface area (Å²) >= 11 is 0. The first-order chi connectivity index (χ1) is 10.2. The molecule has 0 aromatic carbocycles. The minimum absolute atomic E-state index is 0.480. The van der Waals surface area contributed by atoms with Crippen molar-refractivity contribution >= 4 is 5.82 Å². The summed E-state index contributed by atoms with van der Waals surface area (Å²) in [5, 5.41) is 3.42. The van der Waals surface area contributed by atoms with E-state index in [0.29, 0.717) is 12.1 Å². The van der Waals surface area contributed by atoms with E-state index in [0.717, 1.165) is 30.5 Å². The first kappa shape index (κ1) is 14.8. The summed E-state index contributed by atoms with van der Waals surface area (Å²) in [6.45, 7) is 6.28. The summed E-state index contributed by atoms with van der Waals surface area (Å²) in [5.74, 6) is 1.97. The van der Waals surface area contributed by atoms with Crippen LogP contribution in [0.3, 0.4) is 0 Å². The Labute approximate surface area is 128 Å². The third-order valence-electron chi connectivity index (χ3n) is 4.90. The second kappa shape index (κ2) is 6.73. The van der Waals surface area contributed by atoms with Gasteiger partial charge in [0, 0.05) is 31.4 Å². The van der Waals surface area contributed by atoms with E-state index in [4.69, 9.17) is 4.98 Å². The van der Waals surface area contributed by atoms with Gasteiger partial charge in [0.05, 0.1) is 11.9 Å². The lowest BCUT2D eigenvalue weighted by Crippen LogP contribution is -2.35. The molecule has 1 saturated carbocycles. The molecule has 4 nitrogen and oxygen atoms in total. The highest BCUT2D eigenvalue weighted by Crippen LogP contribution is 2.37. The average Bonchev–Trinajstić information content (AvgIpc) is 3.15. The van der Waals surface area contributed by atoms with Crippen LogP contribution >= 0.6 is 0 Å². The standard InChI is InChI=1S/C17H28N4/c1-13(2)19-11-15-10-18-12-17(20-15)21-9-5-8-16(21)14-6-3-4-7-14/h10,12-14,16,19H,3-9,11H2,1-2H3. The van der Waals surface area contributed by atoms with Crippen molar-refractivity contribution < 1.29 is 0 Å². The molecular formula is C17H28N4. The molecule has 3 rings (SSSR count). The predicted molar refractivity (Wildman–Crippen MR) is 86.3 cm³/mol. The van der Waals surface area contributed by atoms with Crippen molar-refractivity contribution in [3.05, 3.63) is 18.1 Å². The fourth-order valence-corrected chi connectivity index (χ4v) is 3.84. The monoisotopic (exact) mass is 288 g/mol. The zero-order valence-corrected chi connectivity index (χ0v) is 13.4. The normalized spacial score (nSPS) is 23.4. The summed E-state index contributed by atoms with van der Waals surface area (Å²) in [6, 6.07) is 1.18. The van der Waals surface area contributed by atoms with E-state index >= 15 is 0 Å². The van der Waals surface area contributed by atoms with Crippen molar-refractivity contribution in [3.63, 3.8) is 0 Å². The molecule has 1 aliphatic carbocycles. The number of rotatable bonds is 5. The van der Waals surface area contributed by atoms with Crippen molar-refractivity contribution in [2.75, 3.05) is 11.4 Å². The van der Waals surface area contributed by atoms with Crippen LogP contribution in [0.15, 0.2) is 12.4 Å². The minimum Gasteiger partial charge on any atom is -0.352 e. The minimum atomic E-state index is 0.480. The van der Waals surface area contributed by atoms with E-state index in [1.807, 2.05) is 12.4 Å². The van der Waals surface area contributed by atoms with Gasteiger partial charge in [-0.2, -0.15) is 0 Å². The Morgan fingerprint density at radius 1 is 1.19 bits per heavy atom. The Hall–Kier alpha value is -1.16. The van der Waals surface area contributed by atoms with Gasteiger partial charge in [0.1, 0.15) is 5.82 Å². The Bertz CT molecular complexity index is 454. The molecule has 0 spiro atoms. The Kier molecular flexibility index (Phi) is 4.73. The molecule has 0 amide bonds. The second-order valence-corrected chi connectivity index (χ2v) is 6.85. The van der Waals surface area contributed by atoms with Crippen LogP contribution in [0.5, 0.6) is 0 Å². The first-order valence-electron chi connectivity index (χ1n) is 8.55. The predicted octanol–water partition coefficient (Wildman–Crippen LogP) is 3.13. The molecule has 1 atom stereocenters. The molecule has 116 valence electrons. The molecule has 0 radical (unpaired) electrons. The van der Waals surface area contributed by atoms with E-state index in [1.165, 1.54) is 38.5 Å². The van der Waals surface area contributed by atoms with Crippen LogP contribution in [0.4, 0.5) is 5.82 Å². The van der Waals surface area contributed by atoms with E-state index in [1.54, 1.807) is 0 Å². The molecule has 2 heterocycles. The van der Waals surface area contributed by atoms with Crippen LogP contribution in [-0.4, -0.2) is 28.6 Å². The Balaban J connectivity index is 1.71. The van der Waals surface area contributed by atoms with Crippen LogP contribution in [-0.2, 0) is 6.54 Å². The Morgan fingerprint density at radius 2 is 2.00 bits per heavy atom. The molecule has 2 aliphatic rings. The van der Waals surface area contributed by atoms with E-state index < -0.39 is 0 Å². The fourth-order valence-electron chi connectivity index (χ4n) is 3.84. The molecule has 21 heavy (non-hydrogen) atoms. The van der Waals surface area contributed by atoms with Crippen molar-refractivity contribution in [1.82, 2.24) is 15.3 Å². The van der Waals surface area contributed by atoms with Crippen LogP contribution in [0.25, 0.3) is 0 Å². The van der Waals surface area contributed by atoms with Gasteiger partial charge in [0.25, 0.3) is 0 Å². The SMILES string of the molecule is CC(C)NCc1cncc(N2CCCC2C2CCCC2)n1. The van der Waals surface area contributed by atoms with Gasteiger partial charge in [-0.05, 0) is 31.6 Å². The van der Waals surface area contributed by atoms with Gasteiger partial charge in [-0.1, -0.05) is 26.7 Å². The summed E-state index contributed by atoms with van der Waals surface area (Å²) in [5.41, 5.74) is 1.05. The highest BCUT2D eigenvalue weighted by molar-refractivity contribution is 5.39. The van der Waals surface area contributed by atoms with Crippen molar-refractivity contribution in [1.29, 1.82) is 0 Å². The van der Waals surface area contributed by atoms with Gasteiger partial charge in [0.2, 0.25) is 0 Å². The van der Waals surface area contributed by atoms with Gasteiger partial charge in [-0.15, -0.1) is 0 Å². The quantitative estimate of drug-likeness (QED) is 0.904. The van der Waals surface area contributed by atoms with Crippen LogP contribution in [0, 0.1) is 5.92 Å². The van der Waals surface area contributed by atoms with Crippen molar-refractivity contribution in [2.24, 2.45) is 5.92 Å². The van der Waals surface area contributed by atoms with Crippen molar-refractivity contribution in [2.45, 2.75) is 71.0 Å². The van der Waals surface area contributed by atoms with E-state index in [9.17, 15) is 0 Å². The molecule has 1 aliphatic heterocycles. The van der Waals surface area contributed by atoms with Gasteiger partial charge in [-0.3, -0.25) is 4.98 Å². The molecule has 1 aromatic rings. The largest absolute Gasteiger partial charge is 0.352 e. The zero-order valence-electron chi connectivity index (χ0n) is 13.4. The molecule has 1 saturated heterocycles. The first-order valence-corrected chi connectivity index (χ1v) is 8.55. The number of nitrogens with zero attached hydrogens (tertiary/aromatic N) is 3. The maximum atomic E-state index is 4.85. The Morgan fingerprint density at radius 3 is 2.76 bits per heavy atom. The maximum Gasteiger partial charge on any atom is 0.147 e. The molecule has 1 aromatic heterocycles. The number of hydrogen-bond donors (Lipinski definition) is 1. The third kappa shape index (κ3) is 3.54. The van der Waals surface area contributed by atoms with Crippen LogP contribution < -0.4 is 10.2 Å². The van der Waals surface area contributed by atoms with Gasteiger partial charge in [0.15, 0.2) is 0 Å². The maximum absolute atomic E-state index is 4.85. The smallest absolute Gasteiger partial charge is 0.147 e.